The lowest BCUT2D eigenvalue weighted by atomic mass is 9.88. The Balaban J connectivity index is 1.42. The molecule has 2 aliphatic rings. The number of nitrogens with zero attached hydrogens (tertiary/aromatic N) is 2. The number of likely N-dealkylation sites (tertiary alicyclic amines) is 1. The van der Waals surface area contributed by atoms with E-state index in [9.17, 15) is 19.8 Å². The molecule has 10 nitrogen and oxygen atoms in total. The molecule has 0 saturated carbocycles. The molecule has 32 heavy (non-hydrogen) atoms. The molecule has 178 valence electrons. The van der Waals surface area contributed by atoms with Gasteiger partial charge in [-0.2, -0.15) is 0 Å². The van der Waals surface area contributed by atoms with E-state index in [1.54, 1.807) is 4.90 Å². The van der Waals surface area contributed by atoms with E-state index in [4.69, 9.17) is 14.2 Å². The van der Waals surface area contributed by atoms with Gasteiger partial charge in [-0.1, -0.05) is 12.1 Å². The van der Waals surface area contributed by atoms with Crippen LogP contribution in [0.2, 0.25) is 0 Å². The smallest absolute Gasteiger partial charge is 0.260 e. The fourth-order valence-electron chi connectivity index (χ4n) is 3.81. The Bertz CT molecular complexity index is 754. The second-order valence-corrected chi connectivity index (χ2v) is 8.24. The highest BCUT2D eigenvalue weighted by Gasteiger charge is 2.40. The van der Waals surface area contributed by atoms with Crippen molar-refractivity contribution in [1.29, 1.82) is 0 Å². The summed E-state index contributed by atoms with van der Waals surface area (Å²) in [7, 11) is 1.42. The molecule has 0 bridgehead atoms. The summed E-state index contributed by atoms with van der Waals surface area (Å²) in [4.78, 5) is 27.5. The molecule has 2 fully saturated rings. The molecule has 2 heterocycles. The number of hydrogen-bond donors (Lipinski definition) is 3. The van der Waals surface area contributed by atoms with Gasteiger partial charge in [0.1, 0.15) is 18.0 Å². The highest BCUT2D eigenvalue weighted by atomic mass is 16.5. The molecule has 2 atom stereocenters. The summed E-state index contributed by atoms with van der Waals surface area (Å²) in [6.45, 7) is 3.70. The summed E-state index contributed by atoms with van der Waals surface area (Å²) < 4.78 is 15.6. The average molecular weight is 452 g/mol. The van der Waals surface area contributed by atoms with Crippen LogP contribution in [-0.2, 0) is 25.6 Å². The third-order valence-electron chi connectivity index (χ3n) is 5.84. The van der Waals surface area contributed by atoms with Gasteiger partial charge < -0.3 is 34.6 Å². The first kappa shape index (κ1) is 24.4. The number of morpholine rings is 1. The number of carbonyl (C=O) groups is 2. The largest absolute Gasteiger partial charge is 0.484 e. The number of amides is 2. The van der Waals surface area contributed by atoms with E-state index in [1.165, 1.54) is 7.11 Å². The molecule has 2 saturated heterocycles. The number of aliphatic hydroxyl groups excluding tert-OH is 1. The second kappa shape index (κ2) is 11.6. The van der Waals surface area contributed by atoms with E-state index >= 15 is 0 Å². The molecule has 1 aromatic carbocycles. The van der Waals surface area contributed by atoms with E-state index in [1.807, 2.05) is 29.2 Å². The zero-order valence-electron chi connectivity index (χ0n) is 18.5. The lowest BCUT2D eigenvalue weighted by molar-refractivity contribution is -0.137. The van der Waals surface area contributed by atoms with Gasteiger partial charge in [0.05, 0.1) is 19.3 Å². The SMILES string of the molecule is COCC(=O)NC[C@]1(O)CCN(Cc2ccc(OCC(=O)N3CCOCC3)cc2)C[C@H]1O. The third kappa shape index (κ3) is 6.88. The lowest BCUT2D eigenvalue weighted by Crippen LogP contribution is -2.60. The van der Waals surface area contributed by atoms with Crippen LogP contribution in [0.4, 0.5) is 0 Å². The van der Waals surface area contributed by atoms with Crippen molar-refractivity contribution in [3.63, 3.8) is 0 Å². The van der Waals surface area contributed by atoms with Crippen LogP contribution in [0.3, 0.4) is 0 Å². The number of aliphatic hydroxyl groups is 2. The van der Waals surface area contributed by atoms with Crippen molar-refractivity contribution in [3.05, 3.63) is 29.8 Å². The van der Waals surface area contributed by atoms with Crippen molar-refractivity contribution in [2.24, 2.45) is 0 Å². The zero-order chi connectivity index (χ0) is 23.0. The maximum absolute atomic E-state index is 12.2. The summed E-state index contributed by atoms with van der Waals surface area (Å²) >= 11 is 0. The molecule has 3 rings (SSSR count). The summed E-state index contributed by atoms with van der Waals surface area (Å²) in [6.07, 6.45) is -0.639. The molecule has 2 amide bonds. The van der Waals surface area contributed by atoms with E-state index < -0.39 is 11.7 Å². The van der Waals surface area contributed by atoms with Crippen molar-refractivity contribution in [1.82, 2.24) is 15.1 Å². The van der Waals surface area contributed by atoms with Gasteiger partial charge in [-0.3, -0.25) is 14.5 Å². The Morgan fingerprint density at radius 2 is 1.91 bits per heavy atom. The quantitative estimate of drug-likeness (QED) is 0.437. The predicted molar refractivity (Wildman–Crippen MR) is 115 cm³/mol. The molecule has 10 heteroatoms. The Morgan fingerprint density at radius 1 is 1.19 bits per heavy atom. The number of ether oxygens (including phenoxy) is 3. The van der Waals surface area contributed by atoms with Gasteiger partial charge in [-0.05, 0) is 24.1 Å². The zero-order valence-corrected chi connectivity index (χ0v) is 18.5. The van der Waals surface area contributed by atoms with Crippen molar-refractivity contribution >= 4 is 11.8 Å². The lowest BCUT2D eigenvalue weighted by Gasteiger charge is -2.42. The number of β-amino-alcohol motifs (C(OH)–C–C–N with tert-alkyl or cyclic N) is 1. The summed E-state index contributed by atoms with van der Waals surface area (Å²) in [5.41, 5.74) is -0.326. The Kier molecular flexibility index (Phi) is 8.83. The molecular formula is C22H33N3O7. The number of piperidine rings is 1. The minimum atomic E-state index is -1.36. The normalized spacial score (nSPS) is 24.2. The number of benzene rings is 1. The van der Waals surface area contributed by atoms with Crippen molar-refractivity contribution < 1.29 is 34.0 Å². The summed E-state index contributed by atoms with van der Waals surface area (Å²) in [5, 5.41) is 23.7. The van der Waals surface area contributed by atoms with Gasteiger partial charge in [-0.15, -0.1) is 0 Å². The van der Waals surface area contributed by atoms with Crippen molar-refractivity contribution in [2.45, 2.75) is 24.7 Å². The Morgan fingerprint density at radius 3 is 2.56 bits per heavy atom. The van der Waals surface area contributed by atoms with Crippen LogP contribution in [-0.4, -0.2) is 110 Å². The first-order valence-electron chi connectivity index (χ1n) is 10.9. The summed E-state index contributed by atoms with van der Waals surface area (Å²) in [5.74, 6) is 0.241. The van der Waals surface area contributed by atoms with Crippen LogP contribution in [0, 0.1) is 0 Å². The van der Waals surface area contributed by atoms with Gasteiger partial charge in [0.15, 0.2) is 6.61 Å². The maximum Gasteiger partial charge on any atom is 0.260 e. The standard InChI is InChI=1S/C22H33N3O7/c1-30-14-20(27)23-16-22(29)6-7-24(13-19(22)26)12-17-2-4-18(5-3-17)32-15-21(28)25-8-10-31-11-9-25/h2-5,19,26,29H,6-16H2,1H3,(H,23,27)/t19-,22-/m1/s1. The number of rotatable bonds is 9. The number of hydrogen-bond acceptors (Lipinski definition) is 8. The number of carbonyl (C=O) groups excluding carboxylic acids is 2. The van der Waals surface area contributed by atoms with Crippen molar-refractivity contribution in [3.8, 4) is 5.75 Å². The van der Waals surface area contributed by atoms with E-state index in [2.05, 4.69) is 5.32 Å². The van der Waals surface area contributed by atoms with E-state index in [-0.39, 0.29) is 31.6 Å². The monoisotopic (exact) mass is 451 g/mol. The third-order valence-corrected chi connectivity index (χ3v) is 5.84. The first-order valence-corrected chi connectivity index (χ1v) is 10.9. The van der Waals surface area contributed by atoms with E-state index in [0.29, 0.717) is 58.1 Å². The molecule has 0 aliphatic carbocycles. The molecule has 1 aromatic rings. The van der Waals surface area contributed by atoms with Gasteiger partial charge in [0.25, 0.3) is 5.91 Å². The molecule has 2 aliphatic heterocycles. The topological polar surface area (TPSA) is 121 Å². The minimum Gasteiger partial charge on any atom is -0.484 e. The average Bonchev–Trinajstić information content (AvgIpc) is 2.80. The van der Waals surface area contributed by atoms with Gasteiger partial charge in [0, 0.05) is 46.4 Å². The van der Waals surface area contributed by atoms with Crippen LogP contribution in [0.15, 0.2) is 24.3 Å². The van der Waals surface area contributed by atoms with Crippen LogP contribution >= 0.6 is 0 Å². The van der Waals surface area contributed by atoms with Gasteiger partial charge in [-0.25, -0.2) is 0 Å². The summed E-state index contributed by atoms with van der Waals surface area (Å²) in [6, 6.07) is 7.49. The minimum absolute atomic E-state index is 0.00281. The first-order chi connectivity index (χ1) is 15.4. The fourth-order valence-corrected chi connectivity index (χ4v) is 3.81. The van der Waals surface area contributed by atoms with Crippen molar-refractivity contribution in [2.75, 3.05) is 66.3 Å². The van der Waals surface area contributed by atoms with Gasteiger partial charge >= 0.3 is 0 Å². The van der Waals surface area contributed by atoms with Crippen LogP contribution in [0.25, 0.3) is 0 Å². The Labute approximate surface area is 188 Å². The molecule has 0 unspecified atom stereocenters. The highest BCUT2D eigenvalue weighted by Crippen LogP contribution is 2.24. The van der Waals surface area contributed by atoms with Gasteiger partial charge in [0.2, 0.25) is 5.91 Å². The maximum atomic E-state index is 12.2. The van der Waals surface area contributed by atoms with Crippen LogP contribution in [0.1, 0.15) is 12.0 Å². The van der Waals surface area contributed by atoms with Crippen LogP contribution in [0.5, 0.6) is 5.75 Å². The highest BCUT2D eigenvalue weighted by molar-refractivity contribution is 5.78. The fraction of sp³-hybridized carbons (Fsp3) is 0.636. The second-order valence-electron chi connectivity index (χ2n) is 8.24. The van der Waals surface area contributed by atoms with Crippen LogP contribution < -0.4 is 10.1 Å². The molecular weight excluding hydrogens is 418 g/mol. The predicted octanol–water partition coefficient (Wildman–Crippen LogP) is -1.02. The molecule has 3 N–H and O–H groups in total. The molecule has 0 aromatic heterocycles. The van der Waals surface area contributed by atoms with E-state index in [0.717, 1.165) is 5.56 Å². The molecule has 0 radical (unpaired) electrons. The number of nitrogens with one attached hydrogen (secondary N) is 1. The Hall–Kier alpha value is -2.24. The number of methoxy groups -OCH3 is 1. The molecule has 0 spiro atoms.